The summed E-state index contributed by atoms with van der Waals surface area (Å²) in [6.07, 6.45) is 0. The van der Waals surface area contributed by atoms with Crippen LogP contribution in [0.25, 0.3) is 0 Å². The van der Waals surface area contributed by atoms with E-state index in [0.29, 0.717) is 11.4 Å². The minimum atomic E-state index is -3.50. The fraction of sp³-hybridized carbons (Fsp3) is 0.438. The maximum Gasteiger partial charge on any atom is 0.240 e. The van der Waals surface area contributed by atoms with Crippen molar-refractivity contribution in [2.24, 2.45) is 0 Å². The van der Waals surface area contributed by atoms with Gasteiger partial charge in [-0.15, -0.1) is 0 Å². The maximum absolute atomic E-state index is 12.4. The standard InChI is InChI=1S/C16H23N3O2S/c1-11-6-7-16(8-12(11)2)22(20,21)17-10-15(5)19-14(4)9-13(3)18-19/h6-9,15,17H,10H2,1-5H3/t15-/m0/s1. The largest absolute Gasteiger partial charge is 0.266 e. The minimum absolute atomic E-state index is 0.0463. The van der Waals surface area contributed by atoms with Crippen molar-refractivity contribution in [3.8, 4) is 0 Å². The molecule has 6 heteroatoms. The lowest BCUT2D eigenvalue weighted by molar-refractivity contribution is 0.467. The number of aryl methyl sites for hydroxylation is 4. The summed E-state index contributed by atoms with van der Waals surface area (Å²) in [4.78, 5) is 0.302. The normalized spacial score (nSPS) is 13.3. The molecule has 0 amide bonds. The third-order valence-electron chi connectivity index (χ3n) is 3.82. The molecule has 0 aliphatic heterocycles. The number of hydrogen-bond acceptors (Lipinski definition) is 3. The van der Waals surface area contributed by atoms with E-state index in [1.54, 1.807) is 12.1 Å². The highest BCUT2D eigenvalue weighted by molar-refractivity contribution is 7.89. The first-order chi connectivity index (χ1) is 10.2. The molecule has 22 heavy (non-hydrogen) atoms. The van der Waals surface area contributed by atoms with Crippen LogP contribution in [-0.2, 0) is 10.0 Å². The molecule has 0 unspecified atom stereocenters. The van der Waals surface area contributed by atoms with Gasteiger partial charge in [0, 0.05) is 12.2 Å². The van der Waals surface area contributed by atoms with Crippen molar-refractivity contribution >= 4 is 10.0 Å². The Kier molecular flexibility index (Phi) is 4.72. The van der Waals surface area contributed by atoms with Crippen LogP contribution in [0.4, 0.5) is 0 Å². The van der Waals surface area contributed by atoms with Crippen LogP contribution in [0.2, 0.25) is 0 Å². The Morgan fingerprint density at radius 2 is 1.82 bits per heavy atom. The molecule has 1 N–H and O–H groups in total. The zero-order valence-corrected chi connectivity index (χ0v) is 14.5. The summed E-state index contributed by atoms with van der Waals surface area (Å²) < 4.78 is 29.3. The van der Waals surface area contributed by atoms with E-state index >= 15 is 0 Å². The van der Waals surface area contributed by atoms with Gasteiger partial charge in [-0.1, -0.05) is 6.07 Å². The molecule has 1 aromatic heterocycles. The molecule has 0 saturated carbocycles. The first kappa shape index (κ1) is 16.7. The van der Waals surface area contributed by atoms with Gasteiger partial charge in [0.15, 0.2) is 0 Å². The molecule has 0 aliphatic carbocycles. The second-order valence-corrected chi connectivity index (χ2v) is 7.59. The molecule has 0 radical (unpaired) electrons. The third-order valence-corrected chi connectivity index (χ3v) is 5.24. The van der Waals surface area contributed by atoms with Gasteiger partial charge in [-0.2, -0.15) is 5.10 Å². The highest BCUT2D eigenvalue weighted by Crippen LogP contribution is 2.16. The topological polar surface area (TPSA) is 64.0 Å². The van der Waals surface area contributed by atoms with Crippen molar-refractivity contribution in [3.05, 3.63) is 46.8 Å². The van der Waals surface area contributed by atoms with Gasteiger partial charge in [0.1, 0.15) is 0 Å². The van der Waals surface area contributed by atoms with Gasteiger partial charge in [-0.3, -0.25) is 4.68 Å². The molecular formula is C16H23N3O2S. The molecule has 0 saturated heterocycles. The second-order valence-electron chi connectivity index (χ2n) is 5.82. The Morgan fingerprint density at radius 1 is 1.14 bits per heavy atom. The van der Waals surface area contributed by atoms with Crippen LogP contribution < -0.4 is 4.72 Å². The molecule has 0 fully saturated rings. The van der Waals surface area contributed by atoms with Crippen molar-refractivity contribution in [2.45, 2.75) is 45.6 Å². The molecule has 2 rings (SSSR count). The first-order valence-electron chi connectivity index (χ1n) is 7.30. The summed E-state index contributed by atoms with van der Waals surface area (Å²) in [7, 11) is -3.50. The molecule has 0 spiro atoms. The van der Waals surface area contributed by atoms with Crippen molar-refractivity contribution < 1.29 is 8.42 Å². The van der Waals surface area contributed by atoms with E-state index in [1.165, 1.54) is 0 Å². The predicted octanol–water partition coefficient (Wildman–Crippen LogP) is 2.66. The van der Waals surface area contributed by atoms with Gasteiger partial charge < -0.3 is 0 Å². The van der Waals surface area contributed by atoms with Crippen molar-refractivity contribution in [1.29, 1.82) is 0 Å². The molecule has 5 nitrogen and oxygen atoms in total. The van der Waals surface area contributed by atoms with Crippen LogP contribution in [0, 0.1) is 27.7 Å². The number of rotatable bonds is 5. The van der Waals surface area contributed by atoms with Crippen molar-refractivity contribution in [2.75, 3.05) is 6.54 Å². The number of sulfonamides is 1. The van der Waals surface area contributed by atoms with Gasteiger partial charge in [0.25, 0.3) is 0 Å². The Balaban J connectivity index is 2.12. The van der Waals surface area contributed by atoms with Gasteiger partial charge in [-0.05, 0) is 63.9 Å². The highest BCUT2D eigenvalue weighted by Gasteiger charge is 2.17. The Labute approximate surface area is 132 Å². The molecule has 2 aromatic rings. The SMILES string of the molecule is Cc1cc(C)n([C@@H](C)CNS(=O)(=O)c2ccc(C)c(C)c2)n1. The van der Waals surface area contributed by atoms with Crippen molar-refractivity contribution in [1.82, 2.24) is 14.5 Å². The first-order valence-corrected chi connectivity index (χ1v) is 8.78. The minimum Gasteiger partial charge on any atom is -0.266 e. The van der Waals surface area contributed by atoms with E-state index < -0.39 is 10.0 Å². The number of hydrogen-bond donors (Lipinski definition) is 1. The molecule has 0 bridgehead atoms. The second kappa shape index (κ2) is 6.22. The predicted molar refractivity (Wildman–Crippen MR) is 87.5 cm³/mol. The van der Waals surface area contributed by atoms with Crippen LogP contribution in [0.5, 0.6) is 0 Å². The van der Waals surface area contributed by atoms with E-state index in [9.17, 15) is 8.42 Å². The van der Waals surface area contributed by atoms with E-state index in [4.69, 9.17) is 0 Å². The lowest BCUT2D eigenvalue weighted by Crippen LogP contribution is -2.30. The smallest absolute Gasteiger partial charge is 0.240 e. The lowest BCUT2D eigenvalue weighted by atomic mass is 10.1. The van der Waals surface area contributed by atoms with Gasteiger partial charge >= 0.3 is 0 Å². The summed E-state index contributed by atoms with van der Waals surface area (Å²) in [6, 6.07) is 7.10. The quantitative estimate of drug-likeness (QED) is 0.921. The monoisotopic (exact) mass is 321 g/mol. The maximum atomic E-state index is 12.4. The van der Waals surface area contributed by atoms with E-state index in [2.05, 4.69) is 9.82 Å². The molecule has 120 valence electrons. The summed E-state index contributed by atoms with van der Waals surface area (Å²) in [5.41, 5.74) is 4.00. The molecule has 1 aromatic carbocycles. The fourth-order valence-corrected chi connectivity index (χ4v) is 3.58. The van der Waals surface area contributed by atoms with E-state index in [1.807, 2.05) is 51.4 Å². The average molecular weight is 321 g/mol. The van der Waals surface area contributed by atoms with Crippen LogP contribution in [0.1, 0.15) is 35.5 Å². The number of nitrogens with zero attached hydrogens (tertiary/aromatic N) is 2. The van der Waals surface area contributed by atoms with Crippen molar-refractivity contribution in [3.63, 3.8) is 0 Å². The number of aromatic nitrogens is 2. The number of nitrogens with one attached hydrogen (secondary N) is 1. The van der Waals surface area contributed by atoms with Gasteiger partial charge in [-0.25, -0.2) is 13.1 Å². The third kappa shape index (κ3) is 3.56. The molecule has 1 heterocycles. The highest BCUT2D eigenvalue weighted by atomic mass is 32.2. The fourth-order valence-electron chi connectivity index (χ4n) is 2.37. The Bertz CT molecular complexity index is 779. The summed E-state index contributed by atoms with van der Waals surface area (Å²) in [5.74, 6) is 0. The summed E-state index contributed by atoms with van der Waals surface area (Å²) in [5, 5.41) is 4.39. The summed E-state index contributed by atoms with van der Waals surface area (Å²) >= 11 is 0. The van der Waals surface area contributed by atoms with Crippen LogP contribution in [0.3, 0.4) is 0 Å². The molecule has 0 aliphatic rings. The Morgan fingerprint density at radius 3 is 2.36 bits per heavy atom. The number of benzene rings is 1. The van der Waals surface area contributed by atoms with Gasteiger partial charge in [0.2, 0.25) is 10.0 Å². The van der Waals surface area contributed by atoms with Gasteiger partial charge in [0.05, 0.1) is 16.6 Å². The molecular weight excluding hydrogens is 298 g/mol. The van der Waals surface area contributed by atoms with E-state index in [0.717, 1.165) is 22.5 Å². The zero-order valence-electron chi connectivity index (χ0n) is 13.7. The average Bonchev–Trinajstić information content (AvgIpc) is 2.78. The lowest BCUT2D eigenvalue weighted by Gasteiger charge is -2.16. The van der Waals surface area contributed by atoms with Crippen LogP contribution in [-0.4, -0.2) is 24.7 Å². The van der Waals surface area contributed by atoms with E-state index in [-0.39, 0.29) is 6.04 Å². The van der Waals surface area contributed by atoms with Crippen LogP contribution in [0.15, 0.2) is 29.2 Å². The Hall–Kier alpha value is -1.66. The summed E-state index contributed by atoms with van der Waals surface area (Å²) in [6.45, 7) is 10.0. The molecule has 1 atom stereocenters. The zero-order chi connectivity index (χ0) is 16.5. The van der Waals surface area contributed by atoms with Crippen LogP contribution >= 0.6 is 0 Å².